The SMILES string of the molecule is Cc1cccc(C)c1Oc1ccc(C(C)(C)O)nc1-c1cn(C)c(=O)c2[nH]c(C(=O)NC(C)(C)C)cc12. The number of aryl methyl sites for hydroxylation is 3. The summed E-state index contributed by atoms with van der Waals surface area (Å²) in [5, 5.41) is 14.2. The number of aromatic amines is 1. The van der Waals surface area contributed by atoms with Gasteiger partial charge in [-0.15, -0.1) is 0 Å². The number of benzene rings is 1. The van der Waals surface area contributed by atoms with Gasteiger partial charge < -0.3 is 24.7 Å². The number of aromatic nitrogens is 3. The van der Waals surface area contributed by atoms with E-state index in [1.54, 1.807) is 45.3 Å². The molecule has 3 aromatic heterocycles. The van der Waals surface area contributed by atoms with E-state index in [-0.39, 0.29) is 22.7 Å². The zero-order valence-corrected chi connectivity index (χ0v) is 22.6. The van der Waals surface area contributed by atoms with Crippen molar-refractivity contribution in [2.24, 2.45) is 7.05 Å². The number of aliphatic hydroxyl groups is 1. The number of hydrogen-bond acceptors (Lipinski definition) is 5. The molecule has 8 heteroatoms. The van der Waals surface area contributed by atoms with Gasteiger partial charge in [0.05, 0.1) is 5.69 Å². The number of para-hydroxylation sites is 1. The lowest BCUT2D eigenvalue weighted by Gasteiger charge is -2.20. The number of ether oxygens (including phenoxy) is 1. The second-order valence-corrected chi connectivity index (χ2v) is 11.1. The zero-order chi connectivity index (χ0) is 27.3. The van der Waals surface area contributed by atoms with E-state index in [1.165, 1.54) is 4.57 Å². The third kappa shape index (κ3) is 5.29. The minimum absolute atomic E-state index is 0.269. The van der Waals surface area contributed by atoms with Gasteiger partial charge in [-0.3, -0.25) is 9.59 Å². The van der Waals surface area contributed by atoms with Crippen LogP contribution < -0.4 is 15.6 Å². The Morgan fingerprint density at radius 1 is 1.08 bits per heavy atom. The number of rotatable bonds is 5. The molecule has 0 atom stereocenters. The normalized spacial score (nSPS) is 12.1. The smallest absolute Gasteiger partial charge is 0.274 e. The Hall–Kier alpha value is -3.91. The van der Waals surface area contributed by atoms with Crippen LogP contribution in [0.25, 0.3) is 22.2 Å². The molecule has 0 bridgehead atoms. The number of hydrogen-bond donors (Lipinski definition) is 3. The Balaban J connectivity index is 1.98. The Bertz CT molecular complexity index is 1550. The number of nitrogens with zero attached hydrogens (tertiary/aromatic N) is 2. The molecule has 3 N–H and O–H groups in total. The number of fused-ring (bicyclic) bond motifs is 1. The summed E-state index contributed by atoms with van der Waals surface area (Å²) in [4.78, 5) is 33.8. The first-order valence-corrected chi connectivity index (χ1v) is 12.2. The molecule has 8 nitrogen and oxygen atoms in total. The average Bonchev–Trinajstić information content (AvgIpc) is 3.23. The molecule has 0 fully saturated rings. The van der Waals surface area contributed by atoms with E-state index in [9.17, 15) is 14.7 Å². The lowest BCUT2D eigenvalue weighted by molar-refractivity contribution is 0.0739. The van der Waals surface area contributed by atoms with Gasteiger partial charge in [0.25, 0.3) is 11.5 Å². The molecule has 0 spiro atoms. The third-order valence-electron chi connectivity index (χ3n) is 6.06. The van der Waals surface area contributed by atoms with Gasteiger partial charge in [-0.1, -0.05) is 18.2 Å². The molecular formula is C29H34N4O4. The first-order chi connectivity index (χ1) is 17.2. The summed E-state index contributed by atoms with van der Waals surface area (Å²) in [6.07, 6.45) is 1.68. The predicted octanol–water partition coefficient (Wildman–Crippen LogP) is 5.09. The van der Waals surface area contributed by atoms with Crippen molar-refractivity contribution in [1.82, 2.24) is 19.9 Å². The quantitative estimate of drug-likeness (QED) is 0.352. The lowest BCUT2D eigenvalue weighted by Crippen LogP contribution is -2.40. The van der Waals surface area contributed by atoms with Crippen molar-refractivity contribution in [3.63, 3.8) is 0 Å². The molecule has 0 unspecified atom stereocenters. The van der Waals surface area contributed by atoms with Gasteiger partial charge in [0.2, 0.25) is 0 Å². The maximum Gasteiger partial charge on any atom is 0.274 e. The highest BCUT2D eigenvalue weighted by atomic mass is 16.5. The predicted molar refractivity (Wildman–Crippen MR) is 145 cm³/mol. The van der Waals surface area contributed by atoms with Gasteiger partial charge in [0, 0.05) is 29.7 Å². The summed E-state index contributed by atoms with van der Waals surface area (Å²) < 4.78 is 7.86. The Morgan fingerprint density at radius 2 is 1.73 bits per heavy atom. The van der Waals surface area contributed by atoms with Crippen LogP contribution >= 0.6 is 0 Å². The fourth-order valence-corrected chi connectivity index (χ4v) is 4.19. The molecule has 1 amide bonds. The molecule has 0 aliphatic heterocycles. The summed E-state index contributed by atoms with van der Waals surface area (Å²) in [7, 11) is 1.65. The number of nitrogens with one attached hydrogen (secondary N) is 2. The first-order valence-electron chi connectivity index (χ1n) is 12.2. The number of amides is 1. The minimum atomic E-state index is -1.21. The molecule has 0 aliphatic rings. The van der Waals surface area contributed by atoms with Crippen LogP contribution in [0.15, 0.2) is 47.4 Å². The Kier molecular flexibility index (Phi) is 6.50. The van der Waals surface area contributed by atoms with Crippen molar-refractivity contribution < 1.29 is 14.6 Å². The molecule has 1 aromatic carbocycles. The van der Waals surface area contributed by atoms with Crippen molar-refractivity contribution in [2.45, 2.75) is 59.6 Å². The van der Waals surface area contributed by atoms with E-state index in [2.05, 4.69) is 10.3 Å². The second kappa shape index (κ2) is 9.19. The summed E-state index contributed by atoms with van der Waals surface area (Å²) in [6, 6.07) is 11.1. The van der Waals surface area contributed by atoms with Gasteiger partial charge in [-0.2, -0.15) is 0 Å². The summed E-state index contributed by atoms with van der Waals surface area (Å²) in [5.74, 6) is 0.857. The van der Waals surface area contributed by atoms with E-state index in [1.807, 2.05) is 52.8 Å². The molecule has 37 heavy (non-hydrogen) atoms. The van der Waals surface area contributed by atoms with E-state index in [0.29, 0.717) is 33.8 Å². The van der Waals surface area contributed by atoms with Crippen molar-refractivity contribution >= 4 is 16.8 Å². The second-order valence-electron chi connectivity index (χ2n) is 11.1. The summed E-state index contributed by atoms with van der Waals surface area (Å²) in [6.45, 7) is 12.9. The lowest BCUT2D eigenvalue weighted by atomic mass is 10.0. The summed E-state index contributed by atoms with van der Waals surface area (Å²) in [5.41, 5.74) is 2.04. The number of carbonyl (C=O) groups excluding carboxylic acids is 1. The fraction of sp³-hybridized carbons (Fsp3) is 0.345. The van der Waals surface area contributed by atoms with Crippen LogP contribution in [0.5, 0.6) is 11.5 Å². The van der Waals surface area contributed by atoms with Crippen LogP contribution in [-0.2, 0) is 12.6 Å². The monoisotopic (exact) mass is 502 g/mol. The average molecular weight is 503 g/mol. The number of carbonyl (C=O) groups is 1. The van der Waals surface area contributed by atoms with Gasteiger partial charge >= 0.3 is 0 Å². The van der Waals surface area contributed by atoms with E-state index in [0.717, 1.165) is 11.1 Å². The molecule has 194 valence electrons. The molecule has 4 aromatic rings. The van der Waals surface area contributed by atoms with E-state index >= 15 is 0 Å². The first kappa shape index (κ1) is 26.2. The van der Waals surface area contributed by atoms with Crippen molar-refractivity contribution in [3.8, 4) is 22.8 Å². The summed E-state index contributed by atoms with van der Waals surface area (Å²) >= 11 is 0. The van der Waals surface area contributed by atoms with Crippen LogP contribution in [0.1, 0.15) is 61.9 Å². The van der Waals surface area contributed by atoms with Crippen LogP contribution in [0.3, 0.4) is 0 Å². The van der Waals surface area contributed by atoms with Gasteiger partial charge in [0.1, 0.15) is 28.3 Å². The standard InChI is InChI=1S/C29H34N4O4/c1-16-10-9-11-17(2)25(16)37-21-12-13-22(29(6,7)36)31-23(21)19-15-33(8)27(35)24-18(19)14-20(30-24)26(34)32-28(3,4)5/h9-15,30,36H,1-8H3,(H,32,34). The Morgan fingerprint density at radius 3 is 2.32 bits per heavy atom. The van der Waals surface area contributed by atoms with Crippen LogP contribution in [0.4, 0.5) is 0 Å². The zero-order valence-electron chi connectivity index (χ0n) is 22.6. The molecular weight excluding hydrogens is 468 g/mol. The number of pyridine rings is 2. The molecule has 3 heterocycles. The largest absolute Gasteiger partial charge is 0.455 e. The maximum atomic E-state index is 13.0. The van der Waals surface area contributed by atoms with Crippen LogP contribution in [-0.4, -0.2) is 31.1 Å². The highest BCUT2D eigenvalue weighted by Crippen LogP contribution is 2.38. The maximum absolute atomic E-state index is 13.0. The highest BCUT2D eigenvalue weighted by molar-refractivity contribution is 6.02. The highest BCUT2D eigenvalue weighted by Gasteiger charge is 2.25. The Labute approximate surface area is 216 Å². The van der Waals surface area contributed by atoms with Gasteiger partial charge in [-0.05, 0) is 77.8 Å². The van der Waals surface area contributed by atoms with E-state index < -0.39 is 11.1 Å². The topological polar surface area (TPSA) is 109 Å². The number of H-pyrrole nitrogens is 1. The molecule has 0 aliphatic carbocycles. The van der Waals surface area contributed by atoms with Gasteiger partial charge in [0.15, 0.2) is 5.75 Å². The van der Waals surface area contributed by atoms with Crippen LogP contribution in [0, 0.1) is 13.8 Å². The van der Waals surface area contributed by atoms with Crippen molar-refractivity contribution in [3.05, 3.63) is 75.5 Å². The van der Waals surface area contributed by atoms with Crippen molar-refractivity contribution in [1.29, 1.82) is 0 Å². The molecule has 0 radical (unpaired) electrons. The fourth-order valence-electron chi connectivity index (χ4n) is 4.19. The molecule has 4 rings (SSSR count). The van der Waals surface area contributed by atoms with Gasteiger partial charge in [-0.25, -0.2) is 4.98 Å². The minimum Gasteiger partial charge on any atom is -0.455 e. The van der Waals surface area contributed by atoms with E-state index in [4.69, 9.17) is 9.72 Å². The van der Waals surface area contributed by atoms with Crippen molar-refractivity contribution in [2.75, 3.05) is 0 Å². The molecule has 0 saturated carbocycles. The third-order valence-corrected chi connectivity index (χ3v) is 6.06. The van der Waals surface area contributed by atoms with Crippen LogP contribution in [0.2, 0.25) is 0 Å². The molecule has 0 saturated heterocycles.